The minimum atomic E-state index is 0.520. The van der Waals surface area contributed by atoms with Crippen LogP contribution in [0, 0.1) is 6.92 Å². The molecular formula is C22H24N6O2. The van der Waals surface area contributed by atoms with Crippen molar-refractivity contribution in [1.29, 1.82) is 0 Å². The highest BCUT2D eigenvalue weighted by molar-refractivity contribution is 5.79. The molecule has 0 aliphatic carbocycles. The molecule has 1 aromatic carbocycles. The number of aryl methyl sites for hydroxylation is 1. The topological polar surface area (TPSA) is 96.0 Å². The van der Waals surface area contributed by atoms with E-state index in [1.54, 1.807) is 13.2 Å². The summed E-state index contributed by atoms with van der Waals surface area (Å²) in [5.41, 5.74) is 3.41. The number of nitrogens with one attached hydrogen (secondary N) is 2. The van der Waals surface area contributed by atoms with Crippen LogP contribution in [0.5, 0.6) is 5.75 Å². The van der Waals surface area contributed by atoms with Crippen LogP contribution in [0.3, 0.4) is 0 Å². The van der Waals surface area contributed by atoms with Gasteiger partial charge in [0.1, 0.15) is 29.4 Å². The van der Waals surface area contributed by atoms with E-state index in [1.165, 1.54) is 6.08 Å². The zero-order chi connectivity index (χ0) is 20.9. The minimum Gasteiger partial charge on any atom is -0.497 e. The maximum Gasteiger partial charge on any atom is 0.184 e. The summed E-state index contributed by atoms with van der Waals surface area (Å²) in [6.07, 6.45) is 5.08. The summed E-state index contributed by atoms with van der Waals surface area (Å²) in [6.45, 7) is 4.48. The van der Waals surface area contributed by atoms with E-state index in [9.17, 15) is 4.79 Å². The van der Waals surface area contributed by atoms with Gasteiger partial charge >= 0.3 is 0 Å². The molecule has 1 saturated heterocycles. The first-order valence-corrected chi connectivity index (χ1v) is 9.86. The second-order valence-corrected chi connectivity index (χ2v) is 7.08. The fourth-order valence-corrected chi connectivity index (χ4v) is 3.22. The summed E-state index contributed by atoms with van der Waals surface area (Å²) in [5, 5.41) is 10.7. The number of hydrogen-bond acceptors (Lipinski definition) is 7. The van der Waals surface area contributed by atoms with E-state index in [0.29, 0.717) is 18.1 Å². The lowest BCUT2D eigenvalue weighted by Crippen LogP contribution is -2.37. The SMILES string of the molecule is COc1ccc(CNc2cc(N3CCC3)nc(-c3n[nH]c(C)c3/C=C/C=O)n2)cc1. The number of aromatic nitrogens is 4. The first kappa shape index (κ1) is 19.6. The van der Waals surface area contributed by atoms with Gasteiger partial charge in [-0.2, -0.15) is 5.10 Å². The van der Waals surface area contributed by atoms with Gasteiger partial charge in [0, 0.05) is 37.0 Å². The number of rotatable bonds is 8. The first-order valence-electron chi connectivity index (χ1n) is 9.86. The number of ether oxygens (including phenoxy) is 1. The zero-order valence-corrected chi connectivity index (χ0v) is 17.1. The number of carbonyl (C=O) groups excluding carboxylic acids is 1. The molecule has 1 aliphatic heterocycles. The van der Waals surface area contributed by atoms with Crippen LogP contribution in [0.1, 0.15) is 23.2 Å². The molecule has 0 bridgehead atoms. The number of anilines is 2. The van der Waals surface area contributed by atoms with Crippen LogP contribution in [-0.2, 0) is 11.3 Å². The predicted octanol–water partition coefficient (Wildman–Crippen LogP) is 3.22. The number of H-pyrrole nitrogens is 1. The third-order valence-electron chi connectivity index (χ3n) is 5.07. The van der Waals surface area contributed by atoms with Crippen LogP contribution in [0.25, 0.3) is 17.6 Å². The smallest absolute Gasteiger partial charge is 0.184 e. The molecule has 2 N–H and O–H groups in total. The number of hydrogen-bond donors (Lipinski definition) is 2. The van der Waals surface area contributed by atoms with Crippen molar-refractivity contribution in [2.75, 3.05) is 30.4 Å². The van der Waals surface area contributed by atoms with Crippen molar-refractivity contribution in [3.8, 4) is 17.3 Å². The number of allylic oxidation sites excluding steroid dienone is 1. The molecule has 8 nitrogen and oxygen atoms in total. The summed E-state index contributed by atoms with van der Waals surface area (Å²) in [6, 6.07) is 9.87. The number of aromatic amines is 1. The fraction of sp³-hybridized carbons (Fsp3) is 0.273. The monoisotopic (exact) mass is 404 g/mol. The second kappa shape index (κ2) is 8.77. The van der Waals surface area contributed by atoms with Gasteiger partial charge in [-0.15, -0.1) is 0 Å². The van der Waals surface area contributed by atoms with Crippen LogP contribution in [0.2, 0.25) is 0 Å². The van der Waals surface area contributed by atoms with Crippen LogP contribution >= 0.6 is 0 Å². The zero-order valence-electron chi connectivity index (χ0n) is 17.1. The Morgan fingerprint density at radius 2 is 2.03 bits per heavy atom. The Bertz CT molecular complexity index is 1050. The van der Waals surface area contributed by atoms with Crippen LogP contribution in [0.15, 0.2) is 36.4 Å². The normalized spacial score (nSPS) is 13.3. The molecule has 2 aromatic heterocycles. The molecule has 8 heteroatoms. The average Bonchev–Trinajstić information content (AvgIpc) is 3.10. The molecule has 3 heterocycles. The van der Waals surface area contributed by atoms with Gasteiger partial charge in [-0.05, 0) is 43.2 Å². The number of methoxy groups -OCH3 is 1. The molecule has 0 amide bonds. The molecule has 154 valence electrons. The van der Waals surface area contributed by atoms with E-state index in [0.717, 1.165) is 60.0 Å². The van der Waals surface area contributed by atoms with E-state index < -0.39 is 0 Å². The standard InChI is InChI=1S/C22H24N6O2/c1-15-18(5-3-12-29)21(27-26-15)22-24-19(13-20(25-22)28-10-4-11-28)23-14-16-6-8-17(30-2)9-7-16/h3,5-9,12-13H,4,10-11,14H2,1-2H3,(H,26,27)(H,23,24,25)/b5-3+. The molecule has 0 unspecified atom stereocenters. The Balaban J connectivity index is 1.64. The highest BCUT2D eigenvalue weighted by Gasteiger charge is 2.20. The quantitative estimate of drug-likeness (QED) is 0.440. The highest BCUT2D eigenvalue weighted by Crippen LogP contribution is 2.28. The first-order chi connectivity index (χ1) is 14.7. The third kappa shape index (κ3) is 4.17. The third-order valence-corrected chi connectivity index (χ3v) is 5.07. The summed E-state index contributed by atoms with van der Waals surface area (Å²) < 4.78 is 5.21. The van der Waals surface area contributed by atoms with Crippen LogP contribution < -0.4 is 15.0 Å². The van der Waals surface area contributed by atoms with Crippen molar-refractivity contribution in [2.45, 2.75) is 19.9 Å². The Labute approximate surface area is 175 Å². The van der Waals surface area contributed by atoms with Crippen molar-refractivity contribution >= 4 is 24.0 Å². The van der Waals surface area contributed by atoms with Gasteiger partial charge in [0.2, 0.25) is 0 Å². The summed E-state index contributed by atoms with van der Waals surface area (Å²) in [5.74, 6) is 2.94. The molecule has 30 heavy (non-hydrogen) atoms. The van der Waals surface area contributed by atoms with Gasteiger partial charge in [-0.25, -0.2) is 9.97 Å². The van der Waals surface area contributed by atoms with Crippen molar-refractivity contribution in [3.63, 3.8) is 0 Å². The molecule has 4 rings (SSSR count). The minimum absolute atomic E-state index is 0.520. The molecule has 3 aromatic rings. The highest BCUT2D eigenvalue weighted by atomic mass is 16.5. The summed E-state index contributed by atoms with van der Waals surface area (Å²) in [4.78, 5) is 22.4. The maximum atomic E-state index is 10.8. The Hall–Kier alpha value is -3.68. The van der Waals surface area contributed by atoms with E-state index in [-0.39, 0.29) is 0 Å². The van der Waals surface area contributed by atoms with Crippen LogP contribution in [0.4, 0.5) is 11.6 Å². The Kier molecular flexibility index (Phi) is 5.74. The molecule has 0 radical (unpaired) electrons. The molecule has 0 atom stereocenters. The van der Waals surface area contributed by atoms with Gasteiger partial charge < -0.3 is 15.0 Å². The van der Waals surface area contributed by atoms with E-state index in [4.69, 9.17) is 14.7 Å². The lowest BCUT2D eigenvalue weighted by Gasteiger charge is -2.32. The summed E-state index contributed by atoms with van der Waals surface area (Å²) in [7, 11) is 1.66. The van der Waals surface area contributed by atoms with Gasteiger partial charge in [0.15, 0.2) is 5.82 Å². The fourth-order valence-electron chi connectivity index (χ4n) is 3.22. The predicted molar refractivity (Wildman–Crippen MR) is 117 cm³/mol. The maximum absolute atomic E-state index is 10.8. The number of aldehydes is 1. The lowest BCUT2D eigenvalue weighted by molar-refractivity contribution is -0.104. The van der Waals surface area contributed by atoms with Gasteiger partial charge in [-0.1, -0.05) is 12.1 Å². The Morgan fingerprint density at radius 3 is 2.70 bits per heavy atom. The van der Waals surface area contributed by atoms with Crippen LogP contribution in [-0.4, -0.2) is 46.7 Å². The second-order valence-electron chi connectivity index (χ2n) is 7.08. The average molecular weight is 404 g/mol. The van der Waals surface area contributed by atoms with E-state index in [1.807, 2.05) is 37.3 Å². The van der Waals surface area contributed by atoms with Gasteiger partial charge in [-0.3, -0.25) is 9.89 Å². The molecule has 1 aliphatic rings. The van der Waals surface area contributed by atoms with Gasteiger partial charge in [0.25, 0.3) is 0 Å². The number of nitrogens with zero attached hydrogens (tertiary/aromatic N) is 4. The Morgan fingerprint density at radius 1 is 1.23 bits per heavy atom. The number of benzene rings is 1. The molecule has 1 fully saturated rings. The van der Waals surface area contributed by atoms with E-state index >= 15 is 0 Å². The van der Waals surface area contributed by atoms with Crippen molar-refractivity contribution in [3.05, 3.63) is 53.2 Å². The van der Waals surface area contributed by atoms with Crippen molar-refractivity contribution in [1.82, 2.24) is 20.2 Å². The number of carbonyl (C=O) groups is 1. The van der Waals surface area contributed by atoms with Gasteiger partial charge in [0.05, 0.1) is 7.11 Å². The molecule has 0 spiro atoms. The van der Waals surface area contributed by atoms with E-state index in [2.05, 4.69) is 20.4 Å². The van der Waals surface area contributed by atoms with Crippen molar-refractivity contribution < 1.29 is 9.53 Å². The molecule has 0 saturated carbocycles. The lowest BCUT2D eigenvalue weighted by atomic mass is 10.1. The van der Waals surface area contributed by atoms with Crippen molar-refractivity contribution in [2.24, 2.45) is 0 Å². The summed E-state index contributed by atoms with van der Waals surface area (Å²) >= 11 is 0. The molecular weight excluding hydrogens is 380 g/mol. The largest absolute Gasteiger partial charge is 0.497 e.